The summed E-state index contributed by atoms with van der Waals surface area (Å²) in [5.41, 5.74) is 1.18. The van der Waals surface area contributed by atoms with Gasteiger partial charge in [0.25, 0.3) is 10.0 Å². The molecule has 7 nitrogen and oxygen atoms in total. The van der Waals surface area contributed by atoms with Gasteiger partial charge in [0.1, 0.15) is 12.6 Å². The van der Waals surface area contributed by atoms with Gasteiger partial charge in [-0.05, 0) is 90.0 Å². The Kier molecular flexibility index (Phi) is 10.5. The normalized spacial score (nSPS) is 12.0. The summed E-state index contributed by atoms with van der Waals surface area (Å²) >= 11 is 5.55. The molecule has 1 N–H and O–H groups in total. The van der Waals surface area contributed by atoms with Gasteiger partial charge in [-0.1, -0.05) is 53.2 Å². The van der Waals surface area contributed by atoms with Gasteiger partial charge in [-0.2, -0.15) is 0 Å². The molecule has 10 heteroatoms. The van der Waals surface area contributed by atoms with Crippen LogP contribution in [0.5, 0.6) is 0 Å². The van der Waals surface area contributed by atoms with E-state index in [2.05, 4.69) is 43.8 Å². The number of anilines is 1. The Morgan fingerprint density at radius 3 is 2.19 bits per heavy atom. The van der Waals surface area contributed by atoms with Crippen LogP contribution in [0.1, 0.15) is 25.8 Å². The van der Waals surface area contributed by atoms with Crippen molar-refractivity contribution in [2.24, 2.45) is 0 Å². The Bertz CT molecular complexity index is 1300. The van der Waals surface area contributed by atoms with Crippen molar-refractivity contribution in [1.29, 1.82) is 0 Å². The molecule has 3 aromatic carbocycles. The van der Waals surface area contributed by atoms with Crippen molar-refractivity contribution >= 4 is 66.0 Å². The number of hydrogen-bond donors (Lipinski definition) is 1. The fourth-order valence-electron chi connectivity index (χ4n) is 3.62. The molecule has 1 unspecified atom stereocenters. The van der Waals surface area contributed by atoms with Crippen molar-refractivity contribution in [1.82, 2.24) is 10.2 Å². The molecule has 0 saturated carbocycles. The molecule has 0 aliphatic heterocycles. The SMILES string of the molecule is CCCNC(=O)C(C)N(Cc1ccc(Br)cc1)C(=O)CN(c1ccc(I)cc1)S(=O)(=O)c1ccccc1. The molecule has 196 valence electrons. The zero-order chi connectivity index (χ0) is 27.0. The lowest BCUT2D eigenvalue weighted by molar-refractivity contribution is -0.139. The molecule has 0 spiro atoms. The Balaban J connectivity index is 1.99. The summed E-state index contributed by atoms with van der Waals surface area (Å²) in [4.78, 5) is 28.2. The van der Waals surface area contributed by atoms with Crippen LogP contribution in [0.4, 0.5) is 5.69 Å². The number of halogens is 2. The predicted octanol–water partition coefficient (Wildman–Crippen LogP) is 5.19. The molecule has 0 fully saturated rings. The molecule has 0 bridgehead atoms. The van der Waals surface area contributed by atoms with Gasteiger partial charge in [0.15, 0.2) is 0 Å². The number of nitrogens with one attached hydrogen (secondary N) is 1. The monoisotopic (exact) mass is 697 g/mol. The van der Waals surface area contributed by atoms with E-state index in [1.165, 1.54) is 17.0 Å². The second-order valence-electron chi connectivity index (χ2n) is 8.42. The highest BCUT2D eigenvalue weighted by Gasteiger charge is 2.32. The average molecular weight is 698 g/mol. The van der Waals surface area contributed by atoms with Crippen LogP contribution in [-0.2, 0) is 26.2 Å². The van der Waals surface area contributed by atoms with Crippen LogP contribution >= 0.6 is 38.5 Å². The van der Waals surface area contributed by atoms with E-state index < -0.39 is 28.5 Å². The van der Waals surface area contributed by atoms with Crippen LogP contribution in [0.25, 0.3) is 0 Å². The largest absolute Gasteiger partial charge is 0.354 e. The predicted molar refractivity (Wildman–Crippen MR) is 158 cm³/mol. The Labute approximate surface area is 240 Å². The number of amides is 2. The fraction of sp³-hybridized carbons (Fsp3) is 0.259. The minimum atomic E-state index is -4.06. The number of hydrogen-bond acceptors (Lipinski definition) is 4. The molecule has 1 atom stereocenters. The lowest BCUT2D eigenvalue weighted by Crippen LogP contribution is -2.51. The average Bonchev–Trinajstić information content (AvgIpc) is 2.90. The summed E-state index contributed by atoms with van der Waals surface area (Å²) in [6.45, 7) is 3.78. The molecule has 37 heavy (non-hydrogen) atoms. The van der Waals surface area contributed by atoms with Crippen molar-refractivity contribution < 1.29 is 18.0 Å². The second-order valence-corrected chi connectivity index (χ2v) is 12.4. The van der Waals surface area contributed by atoms with Gasteiger partial charge in [-0.3, -0.25) is 13.9 Å². The standard InChI is InChI=1S/C27H29BrIN3O4S/c1-3-17-30-27(34)20(2)31(18-21-9-11-22(28)12-10-21)26(33)19-32(24-15-13-23(29)14-16-24)37(35,36)25-7-5-4-6-8-25/h4-16,20H,3,17-19H2,1-2H3,(H,30,34). The van der Waals surface area contributed by atoms with Crippen molar-refractivity contribution in [2.45, 2.75) is 37.8 Å². The molecule has 3 aromatic rings. The molecule has 2 amide bonds. The summed E-state index contributed by atoms with van der Waals surface area (Å²) in [7, 11) is -4.06. The van der Waals surface area contributed by atoms with Gasteiger partial charge in [-0.15, -0.1) is 0 Å². The van der Waals surface area contributed by atoms with Gasteiger partial charge in [-0.25, -0.2) is 8.42 Å². The molecule has 0 aliphatic rings. The Hall–Kier alpha value is -2.44. The lowest BCUT2D eigenvalue weighted by Gasteiger charge is -2.32. The van der Waals surface area contributed by atoms with E-state index >= 15 is 0 Å². The summed E-state index contributed by atoms with van der Waals surface area (Å²) < 4.78 is 30.3. The van der Waals surface area contributed by atoms with Crippen molar-refractivity contribution in [3.63, 3.8) is 0 Å². The van der Waals surface area contributed by atoms with Crippen molar-refractivity contribution in [2.75, 3.05) is 17.4 Å². The number of benzene rings is 3. The summed E-state index contributed by atoms with van der Waals surface area (Å²) in [6.07, 6.45) is 0.759. The van der Waals surface area contributed by atoms with E-state index in [1.807, 2.05) is 31.2 Å². The zero-order valence-corrected chi connectivity index (χ0v) is 25.2. The van der Waals surface area contributed by atoms with E-state index in [4.69, 9.17) is 0 Å². The van der Waals surface area contributed by atoms with Gasteiger partial charge in [0.2, 0.25) is 11.8 Å². The first-order valence-corrected chi connectivity index (χ1v) is 15.1. The second kappa shape index (κ2) is 13.4. The minimum Gasteiger partial charge on any atom is -0.354 e. The fourth-order valence-corrected chi connectivity index (χ4v) is 5.68. The van der Waals surface area contributed by atoms with Crippen LogP contribution in [0, 0.1) is 3.57 Å². The quantitative estimate of drug-likeness (QED) is 0.280. The maximum Gasteiger partial charge on any atom is 0.264 e. The molecular formula is C27H29BrIN3O4S. The van der Waals surface area contributed by atoms with Crippen LogP contribution in [-0.4, -0.2) is 44.3 Å². The molecule has 0 radical (unpaired) electrons. The van der Waals surface area contributed by atoms with E-state index in [0.29, 0.717) is 12.2 Å². The third-order valence-corrected chi connectivity index (χ3v) is 8.74. The number of carbonyl (C=O) groups excluding carboxylic acids is 2. The van der Waals surface area contributed by atoms with Crippen LogP contribution in [0.3, 0.4) is 0 Å². The number of carbonyl (C=O) groups is 2. The van der Waals surface area contributed by atoms with E-state index in [0.717, 1.165) is 24.3 Å². The molecule has 3 rings (SSSR count). The summed E-state index contributed by atoms with van der Waals surface area (Å²) in [5, 5.41) is 2.84. The topological polar surface area (TPSA) is 86.8 Å². The molecule has 0 aliphatic carbocycles. The van der Waals surface area contributed by atoms with E-state index in [9.17, 15) is 18.0 Å². The Morgan fingerprint density at radius 2 is 1.59 bits per heavy atom. The van der Waals surface area contributed by atoms with Gasteiger partial charge >= 0.3 is 0 Å². The summed E-state index contributed by atoms with van der Waals surface area (Å²) in [6, 6.07) is 21.6. The van der Waals surface area contributed by atoms with E-state index in [1.54, 1.807) is 49.4 Å². The molecule has 0 heterocycles. The first kappa shape index (κ1) is 29.1. The third-order valence-electron chi connectivity index (χ3n) is 5.71. The highest BCUT2D eigenvalue weighted by Crippen LogP contribution is 2.25. The lowest BCUT2D eigenvalue weighted by atomic mass is 10.1. The van der Waals surface area contributed by atoms with Crippen LogP contribution in [0.2, 0.25) is 0 Å². The Morgan fingerprint density at radius 1 is 0.973 bits per heavy atom. The minimum absolute atomic E-state index is 0.0783. The number of rotatable bonds is 11. The van der Waals surface area contributed by atoms with Crippen molar-refractivity contribution in [3.05, 3.63) is 92.5 Å². The van der Waals surface area contributed by atoms with Gasteiger partial charge < -0.3 is 10.2 Å². The maximum atomic E-state index is 13.8. The van der Waals surface area contributed by atoms with Gasteiger partial charge in [0, 0.05) is 21.1 Å². The van der Waals surface area contributed by atoms with Crippen LogP contribution < -0.4 is 9.62 Å². The van der Waals surface area contributed by atoms with Gasteiger partial charge in [0.05, 0.1) is 10.6 Å². The number of sulfonamides is 1. The summed E-state index contributed by atoms with van der Waals surface area (Å²) in [5.74, 6) is -0.779. The smallest absolute Gasteiger partial charge is 0.264 e. The third kappa shape index (κ3) is 7.78. The van der Waals surface area contributed by atoms with E-state index in [-0.39, 0.29) is 17.3 Å². The maximum absolute atomic E-state index is 13.8. The highest BCUT2D eigenvalue weighted by molar-refractivity contribution is 14.1. The first-order valence-electron chi connectivity index (χ1n) is 11.8. The number of nitrogens with zero attached hydrogens (tertiary/aromatic N) is 2. The first-order chi connectivity index (χ1) is 17.6. The molecule has 0 saturated heterocycles. The highest BCUT2D eigenvalue weighted by atomic mass is 127. The van der Waals surface area contributed by atoms with Crippen LogP contribution in [0.15, 0.2) is 88.2 Å². The molecule has 0 aromatic heterocycles. The van der Waals surface area contributed by atoms with Crippen molar-refractivity contribution in [3.8, 4) is 0 Å². The molecular weight excluding hydrogens is 669 g/mol. The zero-order valence-electron chi connectivity index (χ0n) is 20.6.